The molecule has 1 aliphatic carbocycles. The topological polar surface area (TPSA) is 143 Å². The first-order chi connectivity index (χ1) is 16.9. The number of nitrogens with one attached hydrogen (secondary N) is 1. The van der Waals surface area contributed by atoms with Gasteiger partial charge in [0, 0.05) is 17.3 Å². The average molecular weight is 537 g/mol. The predicted molar refractivity (Wildman–Crippen MR) is 132 cm³/mol. The Kier molecular flexibility index (Phi) is 5.97. The molecule has 2 aliphatic heterocycles. The lowest BCUT2D eigenvalue weighted by Crippen LogP contribution is -2.52. The van der Waals surface area contributed by atoms with Crippen molar-refractivity contribution in [1.29, 1.82) is 0 Å². The maximum absolute atomic E-state index is 13.6. The lowest BCUT2D eigenvalue weighted by molar-refractivity contribution is 0.0832. The van der Waals surface area contributed by atoms with Gasteiger partial charge in [0.05, 0.1) is 60.9 Å². The number of aromatic nitrogens is 2. The van der Waals surface area contributed by atoms with Crippen LogP contribution in [0, 0.1) is 0 Å². The Balaban J connectivity index is 1.41. The summed E-state index contributed by atoms with van der Waals surface area (Å²) in [5.41, 5.74) is 1.20. The summed E-state index contributed by atoms with van der Waals surface area (Å²) in [7, 11) is -7.32. The van der Waals surface area contributed by atoms with E-state index in [9.17, 15) is 21.6 Å². The van der Waals surface area contributed by atoms with Crippen LogP contribution in [0.4, 0.5) is 5.69 Å². The van der Waals surface area contributed by atoms with Crippen molar-refractivity contribution in [3.05, 3.63) is 41.7 Å². The fourth-order valence-electron chi connectivity index (χ4n) is 4.32. The molecule has 5 rings (SSSR count). The zero-order valence-electron chi connectivity index (χ0n) is 20.2. The van der Waals surface area contributed by atoms with Crippen LogP contribution in [-0.4, -0.2) is 74.4 Å². The van der Waals surface area contributed by atoms with E-state index in [1.807, 2.05) is 18.7 Å². The Hall–Kier alpha value is -2.81. The molecule has 0 spiro atoms. The first kappa shape index (κ1) is 24.9. The summed E-state index contributed by atoms with van der Waals surface area (Å²) in [4.78, 5) is 21.7. The molecule has 194 valence electrons. The van der Waals surface area contributed by atoms with Gasteiger partial charge in [-0.05, 0) is 44.9 Å². The third-order valence-corrected chi connectivity index (χ3v) is 8.66. The van der Waals surface area contributed by atoms with Gasteiger partial charge in [-0.15, -0.1) is 0 Å². The van der Waals surface area contributed by atoms with Crippen LogP contribution < -0.4 is 9.62 Å². The van der Waals surface area contributed by atoms with Crippen LogP contribution >= 0.6 is 0 Å². The van der Waals surface area contributed by atoms with Crippen LogP contribution in [0.2, 0.25) is 0 Å². The highest BCUT2D eigenvalue weighted by Crippen LogP contribution is 2.38. The number of anilines is 1. The fraction of sp³-hybridized carbons (Fsp3) is 0.500. The monoisotopic (exact) mass is 536 g/mol. The summed E-state index contributed by atoms with van der Waals surface area (Å²) in [6, 6.07) is 4.63. The molecule has 1 atom stereocenters. The largest absolute Gasteiger partial charge is 0.307 e. The van der Waals surface area contributed by atoms with Crippen molar-refractivity contribution in [3.63, 3.8) is 0 Å². The lowest BCUT2D eigenvalue weighted by Gasteiger charge is -2.38. The summed E-state index contributed by atoms with van der Waals surface area (Å²) in [5, 5.41) is 4.22. The number of carbonyl (C=O) groups excluding carboxylic acids is 1. The van der Waals surface area contributed by atoms with E-state index >= 15 is 0 Å². The predicted octanol–water partition coefficient (Wildman–Crippen LogP) is 0.911. The van der Waals surface area contributed by atoms with E-state index in [1.165, 1.54) is 21.7 Å². The van der Waals surface area contributed by atoms with Crippen LogP contribution in [0.15, 0.2) is 40.5 Å². The highest BCUT2D eigenvalue weighted by molar-refractivity contribution is 7.89. The van der Waals surface area contributed by atoms with Crippen LogP contribution in [0.1, 0.15) is 42.6 Å². The summed E-state index contributed by atoms with van der Waals surface area (Å²) in [6.07, 6.45) is 5.84. The zero-order valence-corrected chi connectivity index (χ0v) is 21.8. The van der Waals surface area contributed by atoms with Gasteiger partial charge in [0.1, 0.15) is 0 Å². The van der Waals surface area contributed by atoms with E-state index in [0.29, 0.717) is 29.3 Å². The Bertz CT molecular complexity index is 1460. The van der Waals surface area contributed by atoms with Gasteiger partial charge < -0.3 is 4.90 Å². The molecule has 1 aromatic carbocycles. The van der Waals surface area contributed by atoms with Crippen LogP contribution in [0.5, 0.6) is 0 Å². The van der Waals surface area contributed by atoms with Crippen molar-refractivity contribution in [2.75, 3.05) is 24.3 Å². The number of fused-ring (bicyclic) bond motifs is 3. The minimum Gasteiger partial charge on any atom is -0.307 e. The Labute approximate surface area is 210 Å². The molecule has 1 saturated carbocycles. The summed E-state index contributed by atoms with van der Waals surface area (Å²) < 4.78 is 57.3. The van der Waals surface area contributed by atoms with E-state index in [0.717, 1.165) is 19.1 Å². The first-order valence-corrected chi connectivity index (χ1v) is 14.8. The third kappa shape index (κ3) is 4.90. The quantitative estimate of drug-likeness (QED) is 0.466. The van der Waals surface area contributed by atoms with E-state index in [4.69, 9.17) is 4.18 Å². The van der Waals surface area contributed by atoms with Gasteiger partial charge in [0.2, 0.25) is 16.0 Å². The SMILES string of the molecule is C[C@@H]1CN=C2N(Cc3cnn(CCOS(C)(=O)=O)c3)C(=O)c3cc(S(=O)(=O)NC4(C)CC4)ccc3N21. The standard InChI is InChI=1S/C22H28N6O6S2/c1-15-11-23-21-27(14-16-12-24-26(13-16)8-9-34-35(3,30)31)20(29)18-10-17(4-5-19(18)28(15)21)36(32,33)25-22(2)6-7-22/h4-5,10,12-13,15,25H,6-9,11,14H2,1-3H3/t15-/m1/s1. The van der Waals surface area contributed by atoms with Crippen molar-refractivity contribution in [2.24, 2.45) is 4.99 Å². The number of hydrogen-bond acceptors (Lipinski definition) is 9. The number of guanidine groups is 1. The Morgan fingerprint density at radius 2 is 1.97 bits per heavy atom. The molecule has 36 heavy (non-hydrogen) atoms. The van der Waals surface area contributed by atoms with Gasteiger partial charge >= 0.3 is 0 Å². The molecule has 12 nitrogen and oxygen atoms in total. The molecule has 0 radical (unpaired) electrons. The summed E-state index contributed by atoms with van der Waals surface area (Å²) in [5.74, 6) is 0.157. The lowest BCUT2D eigenvalue weighted by atomic mass is 10.1. The van der Waals surface area contributed by atoms with Crippen molar-refractivity contribution in [2.45, 2.75) is 56.3 Å². The van der Waals surface area contributed by atoms with Crippen LogP contribution in [0.3, 0.4) is 0 Å². The van der Waals surface area contributed by atoms with E-state index in [-0.39, 0.29) is 36.5 Å². The molecule has 3 heterocycles. The molecule has 0 unspecified atom stereocenters. The first-order valence-electron chi connectivity index (χ1n) is 11.5. The second-order valence-corrected chi connectivity index (χ2v) is 13.1. The normalized spacial score (nSPS) is 20.8. The minimum atomic E-state index is -3.78. The van der Waals surface area contributed by atoms with Gasteiger partial charge in [-0.25, -0.2) is 13.1 Å². The third-order valence-electron chi connectivity index (χ3n) is 6.43. The number of nitrogens with zero attached hydrogens (tertiary/aromatic N) is 5. The number of rotatable bonds is 9. The Morgan fingerprint density at radius 1 is 1.22 bits per heavy atom. The fourth-order valence-corrected chi connectivity index (χ4v) is 6.19. The number of hydrogen-bond donors (Lipinski definition) is 1. The molecule has 1 amide bonds. The molecule has 1 fully saturated rings. The second-order valence-electron chi connectivity index (χ2n) is 9.73. The van der Waals surface area contributed by atoms with Crippen molar-refractivity contribution >= 4 is 37.7 Å². The van der Waals surface area contributed by atoms with Crippen LogP contribution in [-0.2, 0) is 37.4 Å². The minimum absolute atomic E-state index is 0.00354. The van der Waals surface area contributed by atoms with E-state index < -0.39 is 25.7 Å². The highest BCUT2D eigenvalue weighted by Gasteiger charge is 2.43. The average Bonchev–Trinajstić information content (AvgIpc) is 3.16. The zero-order chi connectivity index (χ0) is 25.9. The molecule has 1 aromatic heterocycles. The number of carbonyl (C=O) groups is 1. The molecular formula is C22H28N6O6S2. The molecular weight excluding hydrogens is 508 g/mol. The van der Waals surface area contributed by atoms with Gasteiger partial charge in [-0.3, -0.25) is 23.6 Å². The smallest absolute Gasteiger partial charge is 0.264 e. The summed E-state index contributed by atoms with van der Waals surface area (Å²) in [6.45, 7) is 4.69. The van der Waals surface area contributed by atoms with Gasteiger partial charge in [-0.1, -0.05) is 0 Å². The molecule has 1 N–H and O–H groups in total. The van der Waals surface area contributed by atoms with Gasteiger partial charge in [0.15, 0.2) is 0 Å². The molecule has 2 aromatic rings. The molecule has 14 heteroatoms. The maximum atomic E-state index is 13.6. The molecule has 0 saturated heterocycles. The van der Waals surface area contributed by atoms with Crippen molar-refractivity contribution in [1.82, 2.24) is 19.4 Å². The van der Waals surface area contributed by atoms with E-state index in [2.05, 4.69) is 14.8 Å². The Morgan fingerprint density at radius 3 is 2.67 bits per heavy atom. The molecule has 3 aliphatic rings. The number of benzene rings is 1. The number of sulfonamides is 1. The van der Waals surface area contributed by atoms with E-state index in [1.54, 1.807) is 18.5 Å². The van der Waals surface area contributed by atoms with Crippen molar-refractivity contribution < 1.29 is 25.8 Å². The highest BCUT2D eigenvalue weighted by atomic mass is 32.2. The maximum Gasteiger partial charge on any atom is 0.264 e. The number of amides is 1. The number of aliphatic imine (C=N–C) groups is 1. The second kappa shape index (κ2) is 8.64. The van der Waals surface area contributed by atoms with Crippen molar-refractivity contribution in [3.8, 4) is 0 Å². The van der Waals surface area contributed by atoms with Gasteiger partial charge in [-0.2, -0.15) is 13.5 Å². The van der Waals surface area contributed by atoms with Crippen LogP contribution in [0.25, 0.3) is 0 Å². The molecule has 0 bridgehead atoms. The van der Waals surface area contributed by atoms with Gasteiger partial charge in [0.25, 0.3) is 16.0 Å². The summed E-state index contributed by atoms with van der Waals surface area (Å²) >= 11 is 0.